The van der Waals surface area contributed by atoms with E-state index < -0.39 is 23.5 Å². The third-order valence-corrected chi connectivity index (χ3v) is 4.22. The summed E-state index contributed by atoms with van der Waals surface area (Å²) in [5, 5.41) is 10.4. The van der Waals surface area contributed by atoms with Crippen LogP contribution in [0.5, 0.6) is 0 Å². The van der Waals surface area contributed by atoms with Crippen LogP contribution in [0.1, 0.15) is 27.7 Å². The lowest BCUT2D eigenvalue weighted by Crippen LogP contribution is -2.34. The van der Waals surface area contributed by atoms with Gasteiger partial charge >= 0.3 is 0 Å². The molecule has 3 rings (SSSR count). The zero-order valence-corrected chi connectivity index (χ0v) is 14.1. The summed E-state index contributed by atoms with van der Waals surface area (Å²) in [6.45, 7) is 2.50. The highest BCUT2D eigenvalue weighted by Gasteiger charge is 2.44. The van der Waals surface area contributed by atoms with Crippen molar-refractivity contribution in [2.75, 3.05) is 20.3 Å². The molecule has 6 heteroatoms. The Hall–Kier alpha value is -2.86. The first kappa shape index (κ1) is 17.0. The van der Waals surface area contributed by atoms with Crippen LogP contribution in [0.25, 0.3) is 0 Å². The van der Waals surface area contributed by atoms with Gasteiger partial charge in [0.05, 0.1) is 24.5 Å². The molecule has 1 amide bonds. The molecular weight excluding hydrogens is 322 g/mol. The molecule has 130 valence electrons. The molecule has 0 bridgehead atoms. The van der Waals surface area contributed by atoms with E-state index in [9.17, 15) is 14.7 Å². The Kier molecular flexibility index (Phi) is 4.72. The molecule has 1 aromatic heterocycles. The number of furan rings is 1. The van der Waals surface area contributed by atoms with Crippen molar-refractivity contribution in [1.82, 2.24) is 4.90 Å². The topological polar surface area (TPSA) is 80.0 Å². The van der Waals surface area contributed by atoms with Crippen molar-refractivity contribution in [3.63, 3.8) is 0 Å². The highest BCUT2D eigenvalue weighted by atomic mass is 16.5. The van der Waals surface area contributed by atoms with Crippen LogP contribution in [-0.4, -0.2) is 42.0 Å². The molecule has 1 atom stereocenters. The number of carbonyl (C=O) groups excluding carboxylic acids is 2. The Labute approximate surface area is 145 Å². The van der Waals surface area contributed by atoms with E-state index in [1.807, 2.05) is 31.2 Å². The van der Waals surface area contributed by atoms with Gasteiger partial charge in [0.2, 0.25) is 5.78 Å². The number of nitrogens with zero attached hydrogens (tertiary/aromatic N) is 1. The summed E-state index contributed by atoms with van der Waals surface area (Å²) in [4.78, 5) is 26.8. The number of aliphatic hydroxyl groups is 1. The SMILES string of the molecule is COCCN1C(=O)C(O)=C(C(=O)c2ccco2)[C@H]1c1ccc(C)cc1. The molecule has 25 heavy (non-hydrogen) atoms. The average molecular weight is 341 g/mol. The van der Waals surface area contributed by atoms with Crippen molar-refractivity contribution < 1.29 is 23.8 Å². The van der Waals surface area contributed by atoms with Crippen LogP contribution >= 0.6 is 0 Å². The van der Waals surface area contributed by atoms with Gasteiger partial charge in [0, 0.05) is 13.7 Å². The summed E-state index contributed by atoms with van der Waals surface area (Å²) < 4.78 is 10.2. The second-order valence-electron chi connectivity index (χ2n) is 5.87. The zero-order valence-electron chi connectivity index (χ0n) is 14.1. The predicted molar refractivity (Wildman–Crippen MR) is 90.2 cm³/mol. The normalized spacial score (nSPS) is 17.4. The first-order valence-corrected chi connectivity index (χ1v) is 7.92. The molecule has 2 heterocycles. The number of carbonyl (C=O) groups is 2. The third kappa shape index (κ3) is 3.08. The molecule has 2 aromatic rings. The van der Waals surface area contributed by atoms with E-state index in [0.717, 1.165) is 11.1 Å². The molecule has 0 saturated heterocycles. The lowest BCUT2D eigenvalue weighted by molar-refractivity contribution is -0.130. The monoisotopic (exact) mass is 341 g/mol. The summed E-state index contributed by atoms with van der Waals surface area (Å²) in [6, 6.07) is 9.92. The van der Waals surface area contributed by atoms with E-state index in [0.29, 0.717) is 6.61 Å². The Morgan fingerprint density at radius 2 is 2.00 bits per heavy atom. The second-order valence-corrected chi connectivity index (χ2v) is 5.87. The second kappa shape index (κ2) is 6.94. The van der Waals surface area contributed by atoms with Crippen LogP contribution in [0, 0.1) is 6.92 Å². The minimum atomic E-state index is -0.680. The molecule has 1 aliphatic heterocycles. The third-order valence-electron chi connectivity index (χ3n) is 4.22. The maximum absolute atomic E-state index is 12.8. The largest absolute Gasteiger partial charge is 0.503 e. The number of ketones is 1. The number of methoxy groups -OCH3 is 1. The van der Waals surface area contributed by atoms with E-state index in [1.54, 1.807) is 6.07 Å². The van der Waals surface area contributed by atoms with Crippen molar-refractivity contribution in [2.24, 2.45) is 0 Å². The predicted octanol–water partition coefficient (Wildman–Crippen LogP) is 2.81. The summed E-state index contributed by atoms with van der Waals surface area (Å²) in [6.07, 6.45) is 1.38. The van der Waals surface area contributed by atoms with Crippen LogP contribution in [-0.2, 0) is 9.53 Å². The van der Waals surface area contributed by atoms with E-state index in [-0.39, 0.29) is 17.9 Å². The molecule has 1 aliphatic rings. The van der Waals surface area contributed by atoms with Gasteiger partial charge in [0.15, 0.2) is 11.5 Å². The van der Waals surface area contributed by atoms with Crippen LogP contribution < -0.4 is 0 Å². The summed E-state index contributed by atoms with van der Waals surface area (Å²) in [5.41, 5.74) is 1.83. The highest BCUT2D eigenvalue weighted by Crippen LogP contribution is 2.38. The van der Waals surface area contributed by atoms with E-state index in [1.165, 1.54) is 24.3 Å². The van der Waals surface area contributed by atoms with Gasteiger partial charge in [-0.2, -0.15) is 0 Å². The highest BCUT2D eigenvalue weighted by molar-refractivity contribution is 6.15. The average Bonchev–Trinajstić information content (AvgIpc) is 3.22. The van der Waals surface area contributed by atoms with Gasteiger partial charge < -0.3 is 19.2 Å². The Morgan fingerprint density at radius 1 is 1.28 bits per heavy atom. The van der Waals surface area contributed by atoms with Crippen LogP contribution in [0.15, 0.2) is 58.4 Å². The Balaban J connectivity index is 2.06. The van der Waals surface area contributed by atoms with Gasteiger partial charge in [-0.1, -0.05) is 29.8 Å². The van der Waals surface area contributed by atoms with Crippen molar-refractivity contribution in [3.8, 4) is 0 Å². The standard InChI is InChI=1S/C19H19NO5/c1-12-5-7-13(8-6-12)16-15(17(21)14-4-3-10-25-14)18(22)19(23)20(16)9-11-24-2/h3-8,10,16,22H,9,11H2,1-2H3/t16-/m1/s1. The van der Waals surface area contributed by atoms with Crippen LogP contribution in [0.2, 0.25) is 0 Å². The first-order valence-electron chi connectivity index (χ1n) is 7.92. The van der Waals surface area contributed by atoms with E-state index in [2.05, 4.69) is 0 Å². The number of rotatable bonds is 6. The number of benzene rings is 1. The fourth-order valence-electron chi connectivity index (χ4n) is 2.94. The molecule has 0 spiro atoms. The summed E-state index contributed by atoms with van der Waals surface area (Å²) in [7, 11) is 1.53. The molecule has 6 nitrogen and oxygen atoms in total. The number of hydrogen-bond donors (Lipinski definition) is 1. The Bertz CT molecular complexity index is 805. The number of hydrogen-bond acceptors (Lipinski definition) is 5. The number of aryl methyl sites for hydroxylation is 1. The molecule has 0 radical (unpaired) electrons. The van der Waals surface area contributed by atoms with Gasteiger partial charge in [-0.25, -0.2) is 0 Å². The molecule has 0 saturated carbocycles. The Morgan fingerprint density at radius 3 is 2.60 bits per heavy atom. The minimum Gasteiger partial charge on any atom is -0.503 e. The van der Waals surface area contributed by atoms with Gasteiger partial charge in [-0.05, 0) is 24.6 Å². The van der Waals surface area contributed by atoms with Gasteiger partial charge in [0.1, 0.15) is 0 Å². The maximum Gasteiger partial charge on any atom is 0.290 e. The first-order chi connectivity index (χ1) is 12.0. The number of aliphatic hydroxyl groups excluding tert-OH is 1. The van der Waals surface area contributed by atoms with Gasteiger partial charge in [-0.3, -0.25) is 9.59 Å². The van der Waals surface area contributed by atoms with Gasteiger partial charge in [-0.15, -0.1) is 0 Å². The summed E-state index contributed by atoms with van der Waals surface area (Å²) >= 11 is 0. The fourth-order valence-corrected chi connectivity index (χ4v) is 2.94. The smallest absolute Gasteiger partial charge is 0.290 e. The van der Waals surface area contributed by atoms with Crippen LogP contribution in [0.3, 0.4) is 0 Å². The molecule has 0 unspecified atom stereocenters. The van der Waals surface area contributed by atoms with E-state index >= 15 is 0 Å². The zero-order chi connectivity index (χ0) is 18.0. The number of ether oxygens (including phenoxy) is 1. The van der Waals surface area contributed by atoms with Crippen molar-refractivity contribution >= 4 is 11.7 Å². The molecule has 1 N–H and O–H groups in total. The molecule has 0 fully saturated rings. The molecule has 0 aliphatic carbocycles. The van der Waals surface area contributed by atoms with Gasteiger partial charge in [0.25, 0.3) is 5.91 Å². The maximum atomic E-state index is 12.8. The summed E-state index contributed by atoms with van der Waals surface area (Å²) in [5.74, 6) is -1.54. The van der Waals surface area contributed by atoms with Crippen molar-refractivity contribution in [3.05, 3.63) is 70.9 Å². The molecular formula is C19H19NO5. The fraction of sp³-hybridized carbons (Fsp3) is 0.263. The van der Waals surface area contributed by atoms with Crippen molar-refractivity contribution in [1.29, 1.82) is 0 Å². The van der Waals surface area contributed by atoms with E-state index in [4.69, 9.17) is 9.15 Å². The lowest BCUT2D eigenvalue weighted by Gasteiger charge is -2.26. The van der Waals surface area contributed by atoms with Crippen molar-refractivity contribution in [2.45, 2.75) is 13.0 Å². The van der Waals surface area contributed by atoms with Crippen LogP contribution in [0.4, 0.5) is 0 Å². The molecule has 1 aromatic carbocycles. The minimum absolute atomic E-state index is 0.0277. The quantitative estimate of drug-likeness (QED) is 0.817. The lowest BCUT2D eigenvalue weighted by atomic mass is 9.94. The number of Topliss-reactive ketones (excluding diaryl/α,β-unsaturated/α-hetero) is 1. The number of amides is 1.